The van der Waals surface area contributed by atoms with E-state index in [1.54, 1.807) is 49.8 Å². The van der Waals surface area contributed by atoms with Crippen LogP contribution in [-0.4, -0.2) is 53.5 Å². The smallest absolute Gasteiger partial charge is 0.295 e. The molecule has 0 saturated carbocycles. The van der Waals surface area contributed by atoms with Crippen LogP contribution in [0.25, 0.3) is 5.76 Å². The second-order valence-corrected chi connectivity index (χ2v) is 7.45. The largest absolute Gasteiger partial charge is 0.507 e. The average molecular weight is 424 g/mol. The number of aliphatic hydroxyl groups excluding tert-OH is 1. The van der Waals surface area contributed by atoms with Crippen LogP contribution in [0.5, 0.6) is 5.75 Å². The number of pyridine rings is 1. The Morgan fingerprint density at radius 2 is 1.90 bits per heavy atom. The summed E-state index contributed by atoms with van der Waals surface area (Å²) in [5, 5.41) is 11.1. The van der Waals surface area contributed by atoms with Gasteiger partial charge < -0.3 is 19.5 Å². The summed E-state index contributed by atoms with van der Waals surface area (Å²) in [6, 6.07) is 8.06. The molecule has 1 unspecified atom stereocenters. The van der Waals surface area contributed by atoms with Crippen LogP contribution in [0.2, 0.25) is 0 Å². The van der Waals surface area contributed by atoms with Gasteiger partial charge in [-0.3, -0.25) is 14.6 Å². The summed E-state index contributed by atoms with van der Waals surface area (Å²) in [5.41, 5.74) is 2.10. The molecule has 1 amide bonds. The van der Waals surface area contributed by atoms with E-state index in [0.717, 1.165) is 17.7 Å². The first kappa shape index (κ1) is 22.5. The van der Waals surface area contributed by atoms with Crippen molar-refractivity contribution >= 4 is 17.4 Å². The van der Waals surface area contributed by atoms with Gasteiger partial charge in [-0.1, -0.05) is 6.92 Å². The van der Waals surface area contributed by atoms with Crippen LogP contribution in [0.1, 0.15) is 42.5 Å². The molecule has 0 radical (unpaired) electrons. The van der Waals surface area contributed by atoms with Gasteiger partial charge in [0.05, 0.1) is 18.2 Å². The molecule has 3 rings (SSSR count). The Labute approximate surface area is 182 Å². The number of ketones is 1. The van der Waals surface area contributed by atoms with E-state index in [2.05, 4.69) is 4.98 Å². The molecule has 164 valence electrons. The zero-order valence-electron chi connectivity index (χ0n) is 18.1. The second-order valence-electron chi connectivity index (χ2n) is 7.45. The Morgan fingerprint density at radius 3 is 2.55 bits per heavy atom. The number of rotatable bonds is 9. The number of aromatic nitrogens is 1. The van der Waals surface area contributed by atoms with Gasteiger partial charge in [0.2, 0.25) is 0 Å². The lowest BCUT2D eigenvalue weighted by Gasteiger charge is -2.25. The summed E-state index contributed by atoms with van der Waals surface area (Å²) in [6.45, 7) is 5.31. The number of amides is 1. The summed E-state index contributed by atoms with van der Waals surface area (Å²) in [4.78, 5) is 31.3. The summed E-state index contributed by atoms with van der Waals surface area (Å²) in [7, 11) is 1.59. The molecule has 0 aliphatic carbocycles. The van der Waals surface area contributed by atoms with Gasteiger partial charge in [0.25, 0.3) is 11.7 Å². The number of methoxy groups -OCH3 is 1. The summed E-state index contributed by atoms with van der Waals surface area (Å²) in [6.07, 6.45) is 4.68. The Balaban J connectivity index is 2.05. The first-order valence-corrected chi connectivity index (χ1v) is 10.4. The van der Waals surface area contributed by atoms with Gasteiger partial charge >= 0.3 is 0 Å². The van der Waals surface area contributed by atoms with Crippen molar-refractivity contribution in [1.29, 1.82) is 0 Å². The molecule has 0 bridgehead atoms. The minimum absolute atomic E-state index is 0.0789. The molecule has 0 spiro atoms. The minimum Gasteiger partial charge on any atom is -0.507 e. The lowest BCUT2D eigenvalue weighted by molar-refractivity contribution is -0.140. The lowest BCUT2D eigenvalue weighted by Crippen LogP contribution is -2.31. The van der Waals surface area contributed by atoms with Crippen LogP contribution >= 0.6 is 0 Å². The molecule has 7 nitrogen and oxygen atoms in total. The monoisotopic (exact) mass is 424 g/mol. The number of hydrogen-bond acceptors (Lipinski definition) is 6. The highest BCUT2D eigenvalue weighted by atomic mass is 16.5. The number of carbonyl (C=O) groups excluding carboxylic acids is 2. The van der Waals surface area contributed by atoms with Gasteiger partial charge in [-0.05, 0) is 61.2 Å². The SMILES string of the molecule is CCCOc1ccc(/C(O)=C2/C(=O)C(=O)N(CCCOC)C2c2ccncc2)cc1C. The van der Waals surface area contributed by atoms with Crippen molar-refractivity contribution in [3.8, 4) is 5.75 Å². The molecule has 1 aliphatic rings. The normalized spacial score (nSPS) is 17.9. The maximum atomic E-state index is 13.0. The van der Waals surface area contributed by atoms with Gasteiger partial charge in [-0.25, -0.2) is 0 Å². The van der Waals surface area contributed by atoms with Crippen molar-refractivity contribution in [2.24, 2.45) is 0 Å². The van der Waals surface area contributed by atoms with Crippen molar-refractivity contribution in [3.05, 3.63) is 65.0 Å². The molecule has 1 saturated heterocycles. The molecule has 31 heavy (non-hydrogen) atoms. The predicted molar refractivity (Wildman–Crippen MR) is 117 cm³/mol. The number of nitrogens with zero attached hydrogens (tertiary/aromatic N) is 2. The number of likely N-dealkylation sites (tertiary alicyclic amines) is 1. The van der Waals surface area contributed by atoms with Gasteiger partial charge in [-0.15, -0.1) is 0 Å². The first-order chi connectivity index (χ1) is 15.0. The van der Waals surface area contributed by atoms with E-state index in [0.29, 0.717) is 37.3 Å². The quantitative estimate of drug-likeness (QED) is 0.286. The third-order valence-electron chi connectivity index (χ3n) is 5.22. The van der Waals surface area contributed by atoms with Crippen molar-refractivity contribution in [2.45, 2.75) is 32.7 Å². The highest BCUT2D eigenvalue weighted by Crippen LogP contribution is 2.39. The molecule has 1 aromatic heterocycles. The van der Waals surface area contributed by atoms with E-state index in [4.69, 9.17) is 9.47 Å². The maximum absolute atomic E-state index is 13.0. The highest BCUT2D eigenvalue weighted by molar-refractivity contribution is 6.46. The van der Waals surface area contributed by atoms with Crippen LogP contribution in [0.15, 0.2) is 48.3 Å². The fourth-order valence-electron chi connectivity index (χ4n) is 3.71. The number of Topliss-reactive ketones (excluding diaryl/α,β-unsaturated/α-hetero) is 1. The maximum Gasteiger partial charge on any atom is 0.295 e. The van der Waals surface area contributed by atoms with Crippen LogP contribution < -0.4 is 4.74 Å². The van der Waals surface area contributed by atoms with Crippen LogP contribution in [0.4, 0.5) is 0 Å². The van der Waals surface area contributed by atoms with E-state index in [1.165, 1.54) is 4.90 Å². The van der Waals surface area contributed by atoms with E-state index in [-0.39, 0.29) is 11.3 Å². The molecular formula is C24H28N2O5. The Hall–Kier alpha value is -3.19. The lowest BCUT2D eigenvalue weighted by atomic mass is 9.95. The van der Waals surface area contributed by atoms with Crippen molar-refractivity contribution in [1.82, 2.24) is 9.88 Å². The third-order valence-corrected chi connectivity index (χ3v) is 5.22. The van der Waals surface area contributed by atoms with Gasteiger partial charge in [-0.2, -0.15) is 0 Å². The number of ether oxygens (including phenoxy) is 2. The van der Waals surface area contributed by atoms with E-state index in [9.17, 15) is 14.7 Å². The van der Waals surface area contributed by atoms with E-state index in [1.807, 2.05) is 13.8 Å². The zero-order valence-corrected chi connectivity index (χ0v) is 18.1. The fourth-order valence-corrected chi connectivity index (χ4v) is 3.71. The average Bonchev–Trinajstić information content (AvgIpc) is 3.03. The Morgan fingerprint density at radius 1 is 1.16 bits per heavy atom. The number of hydrogen-bond donors (Lipinski definition) is 1. The summed E-state index contributed by atoms with van der Waals surface area (Å²) in [5.74, 6) is -0.788. The molecule has 2 heterocycles. The summed E-state index contributed by atoms with van der Waals surface area (Å²) < 4.78 is 10.8. The Kier molecular flexibility index (Phi) is 7.41. The molecule has 1 aliphatic heterocycles. The number of benzene rings is 1. The standard InChI is InChI=1S/C24H28N2O5/c1-4-13-31-19-7-6-18(15-16(19)2)22(27)20-21(17-8-10-25-11-9-17)26(12-5-14-30-3)24(29)23(20)28/h6-11,15,21,27H,4-5,12-14H2,1-3H3/b22-20-. The molecule has 1 N–H and O–H groups in total. The van der Waals surface area contributed by atoms with Crippen LogP contribution in [0, 0.1) is 6.92 Å². The molecule has 1 atom stereocenters. The summed E-state index contributed by atoms with van der Waals surface area (Å²) >= 11 is 0. The van der Waals surface area contributed by atoms with E-state index >= 15 is 0 Å². The van der Waals surface area contributed by atoms with Crippen molar-refractivity contribution < 1.29 is 24.2 Å². The van der Waals surface area contributed by atoms with Crippen LogP contribution in [-0.2, 0) is 14.3 Å². The van der Waals surface area contributed by atoms with Crippen molar-refractivity contribution in [3.63, 3.8) is 0 Å². The van der Waals surface area contributed by atoms with Crippen molar-refractivity contribution in [2.75, 3.05) is 26.9 Å². The zero-order chi connectivity index (χ0) is 22.4. The minimum atomic E-state index is -0.694. The molecular weight excluding hydrogens is 396 g/mol. The number of aryl methyl sites for hydroxylation is 1. The van der Waals surface area contributed by atoms with E-state index < -0.39 is 17.7 Å². The fraction of sp³-hybridized carbons (Fsp3) is 0.375. The third kappa shape index (κ3) is 4.77. The van der Waals surface area contributed by atoms with Gasteiger partial charge in [0, 0.05) is 38.2 Å². The Bertz CT molecular complexity index is 971. The van der Waals surface area contributed by atoms with Gasteiger partial charge in [0.15, 0.2) is 0 Å². The number of aliphatic hydroxyl groups is 1. The molecule has 2 aromatic rings. The first-order valence-electron chi connectivity index (χ1n) is 10.4. The van der Waals surface area contributed by atoms with Gasteiger partial charge in [0.1, 0.15) is 11.5 Å². The second kappa shape index (κ2) is 10.2. The molecule has 1 fully saturated rings. The molecule has 1 aromatic carbocycles. The van der Waals surface area contributed by atoms with Crippen LogP contribution in [0.3, 0.4) is 0 Å². The number of carbonyl (C=O) groups is 2. The topological polar surface area (TPSA) is 89.0 Å². The highest BCUT2D eigenvalue weighted by Gasteiger charge is 2.45. The predicted octanol–water partition coefficient (Wildman–Crippen LogP) is 3.64. The molecule has 7 heteroatoms.